The first kappa shape index (κ1) is 19.5. The van der Waals surface area contributed by atoms with Crippen LogP contribution >= 0.6 is 0 Å². The van der Waals surface area contributed by atoms with E-state index in [0.717, 1.165) is 26.2 Å². The predicted molar refractivity (Wildman–Crippen MR) is 116 cm³/mol. The summed E-state index contributed by atoms with van der Waals surface area (Å²) in [4.78, 5) is 8.53. The number of hydrogen-bond donors (Lipinski definition) is 0. The lowest BCUT2D eigenvalue weighted by Gasteiger charge is -2.32. The van der Waals surface area contributed by atoms with Gasteiger partial charge in [0.1, 0.15) is 0 Å². The molecule has 150 valence electrons. The van der Waals surface area contributed by atoms with E-state index < -0.39 is 0 Å². The molecule has 1 unspecified atom stereocenters. The maximum Gasteiger partial charge on any atom is 0.0671 e. The molecule has 2 aromatic carbocycles. The molecule has 0 radical (unpaired) electrons. The van der Waals surface area contributed by atoms with Gasteiger partial charge in [-0.1, -0.05) is 49.7 Å². The average molecular weight is 379 g/mol. The molecule has 0 fully saturated rings. The number of rotatable bonds is 8. The lowest BCUT2D eigenvalue weighted by atomic mass is 9.90. The number of anilines is 1. The van der Waals surface area contributed by atoms with Gasteiger partial charge in [0.25, 0.3) is 0 Å². The Kier molecular flexibility index (Phi) is 6.33. The van der Waals surface area contributed by atoms with Crippen molar-refractivity contribution in [3.8, 4) is 0 Å². The summed E-state index contributed by atoms with van der Waals surface area (Å²) in [6.45, 7) is 6.58. The van der Waals surface area contributed by atoms with E-state index in [1.807, 2.05) is 7.11 Å². The van der Waals surface area contributed by atoms with Gasteiger partial charge in [-0.05, 0) is 66.3 Å². The van der Waals surface area contributed by atoms with Crippen LogP contribution in [0.4, 0.5) is 5.69 Å². The molecule has 1 aliphatic heterocycles. The van der Waals surface area contributed by atoms with Crippen LogP contribution in [0, 0.1) is 5.92 Å². The summed E-state index contributed by atoms with van der Waals surface area (Å²) in [5, 5.41) is 2.17. The normalized spacial score (nSPS) is 17.2. The van der Waals surface area contributed by atoms with Crippen molar-refractivity contribution in [2.24, 2.45) is 5.92 Å². The van der Waals surface area contributed by atoms with E-state index in [0.29, 0.717) is 5.92 Å². The fraction of sp³-hybridized carbons (Fsp3) is 0.520. The monoisotopic (exact) mass is 378 g/mol. The molecule has 0 N–H and O–H groups in total. The Bertz CT molecular complexity index is 763. The molecule has 3 heteroatoms. The van der Waals surface area contributed by atoms with Crippen LogP contribution in [0.1, 0.15) is 54.9 Å². The van der Waals surface area contributed by atoms with Crippen molar-refractivity contribution >= 4 is 5.69 Å². The Morgan fingerprint density at radius 3 is 2.39 bits per heavy atom. The second-order valence-electron chi connectivity index (χ2n) is 8.46. The van der Waals surface area contributed by atoms with Crippen LogP contribution in [0.25, 0.3) is 0 Å². The van der Waals surface area contributed by atoms with Gasteiger partial charge in [0.05, 0.1) is 12.8 Å². The van der Waals surface area contributed by atoms with Crippen molar-refractivity contribution in [2.75, 3.05) is 25.3 Å². The van der Waals surface area contributed by atoms with Gasteiger partial charge in [-0.2, -0.15) is 0 Å². The summed E-state index contributed by atoms with van der Waals surface area (Å²) in [6, 6.07) is 15.6. The third-order valence-corrected chi connectivity index (χ3v) is 6.40. The molecule has 0 saturated carbocycles. The van der Waals surface area contributed by atoms with Gasteiger partial charge in [-0.3, -0.25) is 14.8 Å². The zero-order valence-electron chi connectivity index (χ0n) is 17.5. The molecule has 0 spiro atoms. The Balaban J connectivity index is 1.46. The number of hydroxylamine groups is 1. The van der Waals surface area contributed by atoms with Crippen LogP contribution in [-0.4, -0.2) is 25.1 Å². The molecule has 2 aromatic rings. The minimum absolute atomic E-state index is 0.610. The van der Waals surface area contributed by atoms with Crippen molar-refractivity contribution in [1.82, 2.24) is 4.90 Å². The fourth-order valence-corrected chi connectivity index (χ4v) is 5.05. The molecule has 28 heavy (non-hydrogen) atoms. The summed E-state index contributed by atoms with van der Waals surface area (Å²) in [5.41, 5.74) is 7.33. The molecule has 1 atom stereocenters. The highest BCUT2D eigenvalue weighted by atomic mass is 16.7. The Morgan fingerprint density at radius 2 is 1.68 bits per heavy atom. The predicted octanol–water partition coefficient (Wildman–Crippen LogP) is 5.37. The SMILES string of the molecule is CCCC(CN1Cc2ccccc2C1)CN(OC)c1cccc2c1CCCC2. The lowest BCUT2D eigenvalue weighted by Crippen LogP contribution is -2.35. The van der Waals surface area contributed by atoms with E-state index in [2.05, 4.69) is 59.4 Å². The van der Waals surface area contributed by atoms with Crippen molar-refractivity contribution in [3.05, 3.63) is 64.7 Å². The van der Waals surface area contributed by atoms with Crippen LogP contribution in [-0.2, 0) is 30.8 Å². The van der Waals surface area contributed by atoms with Crippen LogP contribution in [0.2, 0.25) is 0 Å². The van der Waals surface area contributed by atoms with Gasteiger partial charge in [0, 0.05) is 26.2 Å². The summed E-state index contributed by atoms with van der Waals surface area (Å²) in [7, 11) is 1.83. The van der Waals surface area contributed by atoms with E-state index >= 15 is 0 Å². The van der Waals surface area contributed by atoms with Gasteiger partial charge < -0.3 is 0 Å². The molecule has 4 rings (SSSR count). The summed E-state index contributed by atoms with van der Waals surface area (Å²) in [6.07, 6.45) is 7.47. The highest BCUT2D eigenvalue weighted by Gasteiger charge is 2.24. The lowest BCUT2D eigenvalue weighted by molar-refractivity contribution is 0.137. The second kappa shape index (κ2) is 9.11. The smallest absolute Gasteiger partial charge is 0.0671 e. The number of aryl methyl sites for hydroxylation is 1. The topological polar surface area (TPSA) is 15.7 Å². The molecule has 1 heterocycles. The quantitative estimate of drug-likeness (QED) is 0.575. The summed E-state index contributed by atoms with van der Waals surface area (Å²) < 4.78 is 0. The van der Waals surface area contributed by atoms with Gasteiger partial charge in [0.2, 0.25) is 0 Å². The fourth-order valence-electron chi connectivity index (χ4n) is 5.05. The second-order valence-corrected chi connectivity index (χ2v) is 8.46. The number of nitrogens with zero attached hydrogens (tertiary/aromatic N) is 2. The Labute approximate surface area is 170 Å². The van der Waals surface area contributed by atoms with Crippen LogP contribution < -0.4 is 5.06 Å². The van der Waals surface area contributed by atoms with Crippen molar-refractivity contribution < 1.29 is 4.84 Å². The maximum atomic E-state index is 5.92. The average Bonchev–Trinajstić information content (AvgIpc) is 3.14. The van der Waals surface area contributed by atoms with Gasteiger partial charge in [-0.25, -0.2) is 0 Å². The first-order chi connectivity index (χ1) is 13.8. The van der Waals surface area contributed by atoms with Gasteiger partial charge in [0.15, 0.2) is 0 Å². The van der Waals surface area contributed by atoms with E-state index in [-0.39, 0.29) is 0 Å². The molecule has 0 aromatic heterocycles. The minimum Gasteiger partial charge on any atom is -0.294 e. The maximum absolute atomic E-state index is 5.92. The van der Waals surface area contributed by atoms with Crippen molar-refractivity contribution in [2.45, 2.75) is 58.5 Å². The first-order valence-corrected chi connectivity index (χ1v) is 11.0. The van der Waals surface area contributed by atoms with E-state index in [1.165, 1.54) is 66.5 Å². The molecule has 0 amide bonds. The highest BCUT2D eigenvalue weighted by molar-refractivity contribution is 5.56. The Morgan fingerprint density at radius 1 is 0.964 bits per heavy atom. The van der Waals surface area contributed by atoms with Crippen LogP contribution in [0.15, 0.2) is 42.5 Å². The molecule has 0 saturated heterocycles. The molecular weight excluding hydrogens is 344 g/mol. The largest absolute Gasteiger partial charge is 0.294 e. The van der Waals surface area contributed by atoms with Gasteiger partial charge >= 0.3 is 0 Å². The van der Waals surface area contributed by atoms with Crippen molar-refractivity contribution in [1.29, 1.82) is 0 Å². The Hall–Kier alpha value is -1.84. The molecular formula is C25H34N2O. The van der Waals surface area contributed by atoms with E-state index in [9.17, 15) is 0 Å². The van der Waals surface area contributed by atoms with Crippen molar-refractivity contribution in [3.63, 3.8) is 0 Å². The standard InChI is InChI=1S/C25H34N2O/c1-3-9-20(16-26-18-22-11-4-5-12-23(22)19-26)17-27(28-2)25-15-8-13-21-10-6-7-14-24(21)25/h4-5,8,11-13,15,20H,3,6-7,9-10,14,16-19H2,1-2H3. The third kappa shape index (κ3) is 4.26. The van der Waals surface area contributed by atoms with Gasteiger partial charge in [-0.15, -0.1) is 0 Å². The molecule has 0 bridgehead atoms. The van der Waals surface area contributed by atoms with Crippen LogP contribution in [0.5, 0.6) is 0 Å². The van der Waals surface area contributed by atoms with E-state index in [1.54, 1.807) is 0 Å². The zero-order valence-corrected chi connectivity index (χ0v) is 17.5. The summed E-state index contributed by atoms with van der Waals surface area (Å²) >= 11 is 0. The molecule has 3 nitrogen and oxygen atoms in total. The molecule has 1 aliphatic carbocycles. The zero-order chi connectivity index (χ0) is 19.3. The number of benzene rings is 2. The number of fused-ring (bicyclic) bond motifs is 2. The third-order valence-electron chi connectivity index (χ3n) is 6.40. The van der Waals surface area contributed by atoms with E-state index in [4.69, 9.17) is 4.84 Å². The highest BCUT2D eigenvalue weighted by Crippen LogP contribution is 2.32. The van der Waals surface area contributed by atoms with Crippen LogP contribution in [0.3, 0.4) is 0 Å². The molecule has 2 aliphatic rings. The minimum atomic E-state index is 0.610. The number of hydrogen-bond acceptors (Lipinski definition) is 3. The summed E-state index contributed by atoms with van der Waals surface area (Å²) in [5.74, 6) is 0.610. The first-order valence-electron chi connectivity index (χ1n) is 11.0.